The van der Waals surface area contributed by atoms with Crippen molar-refractivity contribution in [3.8, 4) is 0 Å². The molecule has 2 aliphatic carbocycles. The first-order valence-corrected chi connectivity index (χ1v) is 9.52. The minimum Gasteiger partial charge on any atom is -0.298 e. The molecule has 0 aromatic carbocycles. The summed E-state index contributed by atoms with van der Waals surface area (Å²) >= 11 is 4.77. The Hall–Kier alpha value is 0.0200. The van der Waals surface area contributed by atoms with Gasteiger partial charge in [-0.3, -0.25) is 4.79 Å². The van der Waals surface area contributed by atoms with Gasteiger partial charge in [0.15, 0.2) is 0 Å². The Labute approximate surface area is 130 Å². The van der Waals surface area contributed by atoms with Crippen LogP contribution in [0.4, 0.5) is 0 Å². The lowest BCUT2D eigenvalue weighted by molar-refractivity contribution is -0.123. The van der Waals surface area contributed by atoms with Crippen LogP contribution in [0.25, 0.3) is 0 Å². The van der Waals surface area contributed by atoms with Crippen LogP contribution in [0.15, 0.2) is 0 Å². The summed E-state index contributed by atoms with van der Waals surface area (Å²) in [7, 11) is 0. The van der Waals surface area contributed by atoms with E-state index >= 15 is 0 Å². The molecular formula is C18H32OS. The second-order valence-electron chi connectivity index (χ2n) is 6.99. The Kier molecular flexibility index (Phi) is 7.48. The summed E-state index contributed by atoms with van der Waals surface area (Å²) in [6.07, 6.45) is 17.9. The van der Waals surface area contributed by atoms with Crippen LogP contribution in [0, 0.1) is 11.8 Å². The molecule has 2 fully saturated rings. The van der Waals surface area contributed by atoms with Crippen LogP contribution < -0.4 is 0 Å². The van der Waals surface area contributed by atoms with Gasteiger partial charge in [-0.1, -0.05) is 64.2 Å². The zero-order valence-corrected chi connectivity index (χ0v) is 13.9. The van der Waals surface area contributed by atoms with E-state index < -0.39 is 0 Å². The molecule has 1 nitrogen and oxygen atoms in total. The molecule has 2 heteroatoms. The highest BCUT2D eigenvalue weighted by Gasteiger charge is 2.30. The average Bonchev–Trinajstić information content (AvgIpc) is 2.36. The van der Waals surface area contributed by atoms with Gasteiger partial charge in [0.25, 0.3) is 0 Å². The fourth-order valence-electron chi connectivity index (χ4n) is 4.02. The lowest BCUT2D eigenvalue weighted by Gasteiger charge is -2.28. The van der Waals surface area contributed by atoms with Crippen molar-refractivity contribution in [3.05, 3.63) is 0 Å². The van der Waals surface area contributed by atoms with E-state index in [1.807, 2.05) is 0 Å². The van der Waals surface area contributed by atoms with Crippen molar-refractivity contribution in [2.75, 3.05) is 0 Å². The van der Waals surface area contributed by atoms with Crippen LogP contribution in [0.2, 0.25) is 0 Å². The Morgan fingerprint density at radius 1 is 0.700 bits per heavy atom. The minimum absolute atomic E-state index is 0.0255. The lowest BCUT2D eigenvalue weighted by Crippen LogP contribution is -2.31. The van der Waals surface area contributed by atoms with Gasteiger partial charge in [-0.15, -0.1) is 0 Å². The Bertz CT molecular complexity index is 273. The number of carbonyl (C=O) groups is 1. The molecule has 1 unspecified atom stereocenters. The third-order valence-electron chi connectivity index (χ3n) is 5.40. The quantitative estimate of drug-likeness (QED) is 0.673. The van der Waals surface area contributed by atoms with E-state index in [1.165, 1.54) is 77.0 Å². The third-order valence-corrected chi connectivity index (χ3v) is 6.07. The van der Waals surface area contributed by atoms with E-state index in [4.69, 9.17) is 12.6 Å². The molecule has 1 atom stereocenters. The summed E-state index contributed by atoms with van der Waals surface area (Å²) in [5.74, 6) is 1.36. The molecule has 0 spiro atoms. The first-order valence-electron chi connectivity index (χ1n) is 9.01. The monoisotopic (exact) mass is 296 g/mol. The van der Waals surface area contributed by atoms with Crippen molar-refractivity contribution in [1.82, 2.24) is 0 Å². The molecule has 2 rings (SSSR count). The van der Waals surface area contributed by atoms with Crippen LogP contribution >= 0.6 is 12.6 Å². The molecule has 20 heavy (non-hydrogen) atoms. The molecule has 2 saturated carbocycles. The van der Waals surface area contributed by atoms with Crippen molar-refractivity contribution in [3.63, 3.8) is 0 Å². The van der Waals surface area contributed by atoms with Crippen LogP contribution in [-0.2, 0) is 4.79 Å². The lowest BCUT2D eigenvalue weighted by atomic mass is 9.81. The van der Waals surface area contributed by atoms with Gasteiger partial charge in [0, 0.05) is 5.92 Å². The van der Waals surface area contributed by atoms with E-state index in [0.29, 0.717) is 17.6 Å². The molecule has 0 aliphatic heterocycles. The van der Waals surface area contributed by atoms with Gasteiger partial charge in [0.1, 0.15) is 5.78 Å². The molecule has 2 aliphatic rings. The van der Waals surface area contributed by atoms with E-state index in [-0.39, 0.29) is 5.25 Å². The molecule has 0 amide bonds. The maximum atomic E-state index is 12.8. The van der Waals surface area contributed by atoms with Gasteiger partial charge in [0.2, 0.25) is 0 Å². The topological polar surface area (TPSA) is 17.1 Å². The number of thiol groups is 1. The number of carbonyl (C=O) groups excluding carboxylic acids is 1. The summed E-state index contributed by atoms with van der Waals surface area (Å²) in [6, 6.07) is 0. The maximum absolute atomic E-state index is 12.8. The molecule has 0 bridgehead atoms. The van der Waals surface area contributed by atoms with Crippen LogP contribution in [0.3, 0.4) is 0 Å². The van der Waals surface area contributed by atoms with Crippen LogP contribution in [0.5, 0.6) is 0 Å². The van der Waals surface area contributed by atoms with E-state index in [2.05, 4.69) is 0 Å². The molecule has 0 radical (unpaired) electrons. The largest absolute Gasteiger partial charge is 0.298 e. The molecule has 0 aromatic heterocycles. The van der Waals surface area contributed by atoms with Gasteiger partial charge >= 0.3 is 0 Å². The van der Waals surface area contributed by atoms with Gasteiger partial charge < -0.3 is 0 Å². The highest BCUT2D eigenvalue weighted by molar-refractivity contribution is 7.81. The maximum Gasteiger partial charge on any atom is 0.148 e. The summed E-state index contributed by atoms with van der Waals surface area (Å²) in [5.41, 5.74) is 0. The number of hydrogen-bond donors (Lipinski definition) is 1. The van der Waals surface area contributed by atoms with Crippen molar-refractivity contribution >= 4 is 18.4 Å². The fourth-order valence-corrected chi connectivity index (χ4v) is 4.53. The van der Waals surface area contributed by atoms with Crippen molar-refractivity contribution in [2.45, 2.75) is 95.1 Å². The van der Waals surface area contributed by atoms with Crippen molar-refractivity contribution in [2.24, 2.45) is 11.8 Å². The third kappa shape index (κ3) is 5.09. The first-order chi connectivity index (χ1) is 9.79. The van der Waals surface area contributed by atoms with Gasteiger partial charge in [-0.2, -0.15) is 12.6 Å². The van der Waals surface area contributed by atoms with Gasteiger partial charge in [0.05, 0.1) is 5.25 Å². The van der Waals surface area contributed by atoms with E-state index in [0.717, 1.165) is 12.8 Å². The second-order valence-corrected chi connectivity index (χ2v) is 7.55. The summed E-state index contributed by atoms with van der Waals surface area (Å²) in [5, 5.41) is 0.0255. The molecular weight excluding hydrogens is 264 g/mol. The zero-order chi connectivity index (χ0) is 14.2. The SMILES string of the molecule is O=C(C1CCCCCCC1)C(S)C1CCCCCCC1. The first kappa shape index (κ1) is 16.4. The molecule has 116 valence electrons. The van der Waals surface area contributed by atoms with E-state index in [9.17, 15) is 4.79 Å². The number of rotatable bonds is 3. The Morgan fingerprint density at radius 3 is 1.60 bits per heavy atom. The molecule has 0 N–H and O–H groups in total. The average molecular weight is 297 g/mol. The van der Waals surface area contributed by atoms with Crippen molar-refractivity contribution in [1.29, 1.82) is 0 Å². The molecule has 0 saturated heterocycles. The predicted molar refractivity (Wildman–Crippen MR) is 89.4 cm³/mol. The van der Waals surface area contributed by atoms with Crippen molar-refractivity contribution < 1.29 is 4.79 Å². The summed E-state index contributed by atoms with van der Waals surface area (Å²) < 4.78 is 0. The minimum atomic E-state index is 0.0255. The smallest absolute Gasteiger partial charge is 0.148 e. The van der Waals surface area contributed by atoms with Crippen LogP contribution in [-0.4, -0.2) is 11.0 Å². The number of ketones is 1. The standard InChI is InChI=1S/C18H32OS/c19-17(15-11-7-3-1-4-8-12-15)18(20)16-13-9-5-2-6-10-14-16/h15-16,18,20H,1-14H2. The predicted octanol–water partition coefficient (Wildman–Crippen LogP) is 5.57. The van der Waals surface area contributed by atoms with Gasteiger partial charge in [-0.25, -0.2) is 0 Å². The van der Waals surface area contributed by atoms with Gasteiger partial charge in [-0.05, 0) is 31.6 Å². The van der Waals surface area contributed by atoms with E-state index in [1.54, 1.807) is 0 Å². The highest BCUT2D eigenvalue weighted by Crippen LogP contribution is 2.32. The fraction of sp³-hybridized carbons (Fsp3) is 0.944. The Morgan fingerprint density at radius 2 is 1.10 bits per heavy atom. The number of hydrogen-bond acceptors (Lipinski definition) is 2. The summed E-state index contributed by atoms with van der Waals surface area (Å²) in [6.45, 7) is 0. The normalized spacial score (nSPS) is 26.1. The second kappa shape index (κ2) is 9.12. The Balaban J connectivity index is 1.87. The van der Waals surface area contributed by atoms with Crippen LogP contribution in [0.1, 0.15) is 89.9 Å². The molecule has 0 aromatic rings. The molecule has 0 heterocycles. The highest BCUT2D eigenvalue weighted by atomic mass is 32.1. The number of Topliss-reactive ketones (excluding diaryl/α,β-unsaturated/α-hetero) is 1. The zero-order valence-electron chi connectivity index (χ0n) is 13.0. The summed E-state index contributed by atoms with van der Waals surface area (Å²) in [4.78, 5) is 12.8.